The van der Waals surface area contributed by atoms with Crippen molar-refractivity contribution in [3.63, 3.8) is 0 Å². The van der Waals surface area contributed by atoms with Crippen molar-refractivity contribution in [2.45, 2.75) is 47.0 Å². The third-order valence-electron chi connectivity index (χ3n) is 2.49. The van der Waals surface area contributed by atoms with Gasteiger partial charge >= 0.3 is 0 Å². The molecule has 0 aliphatic carbocycles. The first-order valence-electron chi connectivity index (χ1n) is 6.92. The predicted molar refractivity (Wildman–Crippen MR) is 73.5 cm³/mol. The lowest BCUT2D eigenvalue weighted by Gasteiger charge is -2.18. The molecule has 0 atom stereocenters. The van der Waals surface area contributed by atoms with E-state index in [0.717, 1.165) is 39.3 Å². The third-order valence-corrected chi connectivity index (χ3v) is 2.49. The Kier molecular flexibility index (Phi) is 10.9. The molecule has 0 spiro atoms. The largest absolute Gasteiger partial charge is 0.379 e. The molecule has 0 heterocycles. The Morgan fingerprint density at radius 1 is 0.882 bits per heavy atom. The second-order valence-electron chi connectivity index (χ2n) is 5.64. The van der Waals surface area contributed by atoms with Gasteiger partial charge in [0.25, 0.3) is 0 Å². The van der Waals surface area contributed by atoms with Gasteiger partial charge in [-0.25, -0.2) is 0 Å². The predicted octanol–water partition coefficient (Wildman–Crippen LogP) is 2.85. The SMILES string of the molecule is CCCCOCCOCCNCCC(C)(C)C. The summed E-state index contributed by atoms with van der Waals surface area (Å²) in [5, 5.41) is 3.39. The number of rotatable bonds is 11. The molecule has 0 rings (SSSR count). The second-order valence-corrected chi connectivity index (χ2v) is 5.64. The highest BCUT2D eigenvalue weighted by molar-refractivity contribution is 4.62. The van der Waals surface area contributed by atoms with E-state index in [0.29, 0.717) is 12.0 Å². The van der Waals surface area contributed by atoms with Crippen LogP contribution in [0.5, 0.6) is 0 Å². The summed E-state index contributed by atoms with van der Waals surface area (Å²) in [6, 6.07) is 0. The van der Waals surface area contributed by atoms with Crippen LogP contribution in [0.15, 0.2) is 0 Å². The van der Waals surface area contributed by atoms with Gasteiger partial charge in [-0.2, -0.15) is 0 Å². The van der Waals surface area contributed by atoms with E-state index in [4.69, 9.17) is 9.47 Å². The molecule has 0 aromatic carbocycles. The lowest BCUT2D eigenvalue weighted by Crippen LogP contribution is -2.24. The van der Waals surface area contributed by atoms with Crippen LogP contribution >= 0.6 is 0 Å². The average Bonchev–Trinajstić information content (AvgIpc) is 2.24. The smallest absolute Gasteiger partial charge is 0.0701 e. The Bertz CT molecular complexity index is 155. The van der Waals surface area contributed by atoms with Gasteiger partial charge in [0, 0.05) is 13.2 Å². The third kappa shape index (κ3) is 15.9. The van der Waals surface area contributed by atoms with Gasteiger partial charge in [-0.3, -0.25) is 0 Å². The van der Waals surface area contributed by atoms with Crippen molar-refractivity contribution < 1.29 is 9.47 Å². The van der Waals surface area contributed by atoms with Crippen molar-refractivity contribution >= 4 is 0 Å². The van der Waals surface area contributed by atoms with Gasteiger partial charge in [0.15, 0.2) is 0 Å². The summed E-state index contributed by atoms with van der Waals surface area (Å²) in [7, 11) is 0. The minimum atomic E-state index is 0.418. The van der Waals surface area contributed by atoms with Crippen LogP contribution in [0.25, 0.3) is 0 Å². The van der Waals surface area contributed by atoms with Gasteiger partial charge in [-0.1, -0.05) is 34.1 Å². The van der Waals surface area contributed by atoms with E-state index in [-0.39, 0.29) is 0 Å². The maximum atomic E-state index is 5.46. The molecule has 0 saturated carbocycles. The van der Waals surface area contributed by atoms with Gasteiger partial charge in [-0.15, -0.1) is 0 Å². The first-order chi connectivity index (χ1) is 8.06. The van der Waals surface area contributed by atoms with E-state index in [1.807, 2.05) is 0 Å². The molecule has 0 aromatic heterocycles. The molecule has 0 aliphatic heterocycles. The fourth-order valence-electron chi connectivity index (χ4n) is 1.30. The first-order valence-corrected chi connectivity index (χ1v) is 6.92. The van der Waals surface area contributed by atoms with E-state index >= 15 is 0 Å². The highest BCUT2D eigenvalue weighted by Gasteiger charge is 2.08. The fourth-order valence-corrected chi connectivity index (χ4v) is 1.30. The topological polar surface area (TPSA) is 30.5 Å². The summed E-state index contributed by atoms with van der Waals surface area (Å²) >= 11 is 0. The van der Waals surface area contributed by atoms with E-state index in [9.17, 15) is 0 Å². The minimum absolute atomic E-state index is 0.418. The zero-order valence-corrected chi connectivity index (χ0v) is 12.2. The highest BCUT2D eigenvalue weighted by atomic mass is 16.5. The molecule has 0 saturated heterocycles. The fraction of sp³-hybridized carbons (Fsp3) is 1.00. The van der Waals surface area contributed by atoms with Gasteiger partial charge in [-0.05, 0) is 24.8 Å². The Hall–Kier alpha value is -0.120. The number of unbranched alkanes of at least 4 members (excludes halogenated alkanes) is 1. The molecule has 0 amide bonds. The van der Waals surface area contributed by atoms with Crippen LogP contribution in [-0.4, -0.2) is 39.5 Å². The van der Waals surface area contributed by atoms with Crippen LogP contribution in [0.1, 0.15) is 47.0 Å². The number of ether oxygens (including phenoxy) is 2. The molecule has 0 bridgehead atoms. The Balaban J connectivity index is 2.99. The highest BCUT2D eigenvalue weighted by Crippen LogP contribution is 2.16. The molecule has 3 nitrogen and oxygen atoms in total. The molecule has 0 unspecified atom stereocenters. The molecule has 3 heteroatoms. The van der Waals surface area contributed by atoms with E-state index in [1.54, 1.807) is 0 Å². The standard InChI is InChI=1S/C14H31NO2/c1-5-6-10-16-12-13-17-11-9-15-8-7-14(2,3)4/h15H,5-13H2,1-4H3. The van der Waals surface area contributed by atoms with Gasteiger partial charge in [0.05, 0.1) is 19.8 Å². The Morgan fingerprint density at radius 3 is 2.12 bits per heavy atom. The van der Waals surface area contributed by atoms with Crippen LogP contribution in [-0.2, 0) is 9.47 Å². The minimum Gasteiger partial charge on any atom is -0.379 e. The number of hydrogen-bond donors (Lipinski definition) is 1. The van der Waals surface area contributed by atoms with Gasteiger partial charge in [0.2, 0.25) is 0 Å². The molecule has 104 valence electrons. The van der Waals surface area contributed by atoms with Crippen molar-refractivity contribution in [2.75, 3.05) is 39.5 Å². The molecule has 1 N–H and O–H groups in total. The summed E-state index contributed by atoms with van der Waals surface area (Å²) < 4.78 is 10.9. The molecule has 0 fully saturated rings. The van der Waals surface area contributed by atoms with Crippen molar-refractivity contribution in [2.24, 2.45) is 5.41 Å². The molecule has 0 radical (unpaired) electrons. The molecule has 17 heavy (non-hydrogen) atoms. The van der Waals surface area contributed by atoms with Gasteiger partial charge in [0.1, 0.15) is 0 Å². The van der Waals surface area contributed by atoms with Crippen molar-refractivity contribution in [1.82, 2.24) is 5.32 Å². The normalized spacial score (nSPS) is 12.0. The van der Waals surface area contributed by atoms with Crippen LogP contribution in [0.4, 0.5) is 0 Å². The number of nitrogens with one attached hydrogen (secondary N) is 1. The van der Waals surface area contributed by atoms with Crippen molar-refractivity contribution in [3.05, 3.63) is 0 Å². The molecular weight excluding hydrogens is 214 g/mol. The Labute approximate surface area is 107 Å². The number of hydrogen-bond acceptors (Lipinski definition) is 3. The van der Waals surface area contributed by atoms with Crippen LogP contribution < -0.4 is 5.32 Å². The lowest BCUT2D eigenvalue weighted by molar-refractivity contribution is 0.0477. The zero-order chi connectivity index (χ0) is 13.0. The van der Waals surface area contributed by atoms with E-state index in [1.165, 1.54) is 12.8 Å². The maximum absolute atomic E-state index is 5.46. The maximum Gasteiger partial charge on any atom is 0.0701 e. The molecule has 0 aliphatic rings. The zero-order valence-electron chi connectivity index (χ0n) is 12.2. The first kappa shape index (κ1) is 16.9. The summed E-state index contributed by atoms with van der Waals surface area (Å²) in [5.74, 6) is 0. The summed E-state index contributed by atoms with van der Waals surface area (Å²) in [6.07, 6.45) is 3.54. The summed E-state index contributed by atoms with van der Waals surface area (Å²) in [5.41, 5.74) is 0.418. The average molecular weight is 245 g/mol. The lowest BCUT2D eigenvalue weighted by atomic mass is 9.92. The summed E-state index contributed by atoms with van der Waals surface area (Å²) in [6.45, 7) is 14.0. The van der Waals surface area contributed by atoms with Crippen LogP contribution in [0.2, 0.25) is 0 Å². The van der Waals surface area contributed by atoms with E-state index in [2.05, 4.69) is 33.0 Å². The quantitative estimate of drug-likeness (QED) is 0.568. The van der Waals surface area contributed by atoms with E-state index < -0.39 is 0 Å². The molecule has 0 aromatic rings. The second kappa shape index (κ2) is 11.0. The summed E-state index contributed by atoms with van der Waals surface area (Å²) in [4.78, 5) is 0. The monoisotopic (exact) mass is 245 g/mol. The van der Waals surface area contributed by atoms with Crippen LogP contribution in [0.3, 0.4) is 0 Å². The van der Waals surface area contributed by atoms with Gasteiger partial charge < -0.3 is 14.8 Å². The molecular formula is C14H31NO2. The van der Waals surface area contributed by atoms with Crippen molar-refractivity contribution in [3.8, 4) is 0 Å². The van der Waals surface area contributed by atoms with Crippen LogP contribution in [0, 0.1) is 5.41 Å². The van der Waals surface area contributed by atoms with Crippen molar-refractivity contribution in [1.29, 1.82) is 0 Å². The Morgan fingerprint density at radius 2 is 1.53 bits per heavy atom.